The third-order valence-electron chi connectivity index (χ3n) is 4.37. The second-order valence-electron chi connectivity index (χ2n) is 6.13. The molecule has 0 saturated carbocycles. The third-order valence-corrected chi connectivity index (χ3v) is 4.37. The smallest absolute Gasteiger partial charge is 0.0655 e. The topological polar surface area (TPSA) is 3.24 Å². The highest BCUT2D eigenvalue weighted by Gasteiger charge is 2.41. The van der Waals surface area contributed by atoms with Gasteiger partial charge in [0.25, 0.3) is 0 Å². The van der Waals surface area contributed by atoms with Crippen molar-refractivity contribution in [1.82, 2.24) is 0 Å². The van der Waals surface area contributed by atoms with Gasteiger partial charge in [-0.1, -0.05) is 36.9 Å². The summed E-state index contributed by atoms with van der Waals surface area (Å²) in [5.74, 6) is 0. The zero-order valence-electron chi connectivity index (χ0n) is 13.1. The Morgan fingerprint density at radius 2 is 1.48 bits per heavy atom. The molecule has 0 aromatic heterocycles. The van der Waals surface area contributed by atoms with Gasteiger partial charge in [0.05, 0.1) is 5.54 Å². The third kappa shape index (κ3) is 2.30. The molecular weight excluding hydrogens is 369 g/mol. The number of hydrogen-bond donors (Lipinski definition) is 0. The molecule has 0 atom stereocenters. The SMILES string of the molecule is C=C1c2c(C)ccc(C)c2C(C)(C)N1c1ccccc1.I. The number of fused-ring (bicyclic) bond motifs is 1. The molecule has 0 aliphatic carbocycles. The molecule has 21 heavy (non-hydrogen) atoms. The molecule has 2 aromatic rings. The van der Waals surface area contributed by atoms with E-state index < -0.39 is 0 Å². The van der Waals surface area contributed by atoms with Crippen LogP contribution in [0.15, 0.2) is 49.0 Å². The minimum absolute atomic E-state index is 0. The van der Waals surface area contributed by atoms with Crippen molar-refractivity contribution < 1.29 is 0 Å². The maximum Gasteiger partial charge on any atom is 0.0655 e. The lowest BCUT2D eigenvalue weighted by atomic mass is 9.87. The van der Waals surface area contributed by atoms with Crippen LogP contribution in [-0.2, 0) is 5.54 Å². The molecule has 0 fully saturated rings. The molecule has 3 rings (SSSR count). The minimum Gasteiger partial charge on any atom is -0.332 e. The summed E-state index contributed by atoms with van der Waals surface area (Å²) in [5.41, 5.74) is 7.63. The monoisotopic (exact) mass is 391 g/mol. The van der Waals surface area contributed by atoms with Crippen molar-refractivity contribution in [1.29, 1.82) is 0 Å². The van der Waals surface area contributed by atoms with E-state index in [2.05, 4.69) is 81.6 Å². The van der Waals surface area contributed by atoms with Crippen LogP contribution in [0.4, 0.5) is 5.69 Å². The first-order chi connectivity index (χ1) is 9.44. The van der Waals surface area contributed by atoms with E-state index in [9.17, 15) is 0 Å². The fraction of sp³-hybridized carbons (Fsp3) is 0.263. The Hall–Kier alpha value is -1.29. The van der Waals surface area contributed by atoms with E-state index in [0.29, 0.717) is 0 Å². The van der Waals surface area contributed by atoms with Gasteiger partial charge in [-0.25, -0.2) is 0 Å². The highest BCUT2D eigenvalue weighted by Crippen LogP contribution is 2.49. The molecular formula is C19H22IN. The predicted molar refractivity (Wildman–Crippen MR) is 102 cm³/mol. The maximum absolute atomic E-state index is 4.38. The molecule has 1 nitrogen and oxygen atoms in total. The van der Waals surface area contributed by atoms with Gasteiger partial charge in [0.15, 0.2) is 0 Å². The largest absolute Gasteiger partial charge is 0.332 e. The lowest BCUT2D eigenvalue weighted by molar-refractivity contribution is 0.556. The molecule has 0 bridgehead atoms. The van der Waals surface area contributed by atoms with Crippen molar-refractivity contribution in [3.63, 3.8) is 0 Å². The van der Waals surface area contributed by atoms with Gasteiger partial charge in [-0.05, 0) is 56.5 Å². The van der Waals surface area contributed by atoms with Gasteiger partial charge in [0, 0.05) is 16.9 Å². The van der Waals surface area contributed by atoms with Gasteiger partial charge in [0.1, 0.15) is 0 Å². The van der Waals surface area contributed by atoms with Crippen LogP contribution >= 0.6 is 24.0 Å². The molecule has 2 heteroatoms. The normalized spacial score (nSPS) is 15.6. The zero-order valence-corrected chi connectivity index (χ0v) is 15.4. The van der Waals surface area contributed by atoms with Crippen molar-refractivity contribution in [2.24, 2.45) is 0 Å². The molecule has 0 amide bonds. The molecule has 0 unspecified atom stereocenters. The standard InChI is InChI=1S/C19H21N.HI/c1-13-11-12-14(2)18-17(13)15(3)20(19(18,4)5)16-9-7-6-8-10-16;/h6-12H,3H2,1-2,4-5H3;1H. The van der Waals surface area contributed by atoms with Crippen molar-refractivity contribution >= 4 is 35.4 Å². The van der Waals surface area contributed by atoms with Crippen LogP contribution in [0.2, 0.25) is 0 Å². The van der Waals surface area contributed by atoms with Gasteiger partial charge < -0.3 is 4.90 Å². The average Bonchev–Trinajstić information content (AvgIpc) is 2.63. The Balaban J connectivity index is 0.00000161. The molecule has 1 aliphatic heterocycles. The maximum atomic E-state index is 4.38. The average molecular weight is 391 g/mol. The molecule has 0 radical (unpaired) electrons. The Kier molecular flexibility index (Phi) is 4.20. The van der Waals surface area contributed by atoms with Crippen LogP contribution in [0.1, 0.15) is 36.1 Å². The minimum atomic E-state index is -0.0656. The summed E-state index contributed by atoms with van der Waals surface area (Å²) in [4.78, 5) is 2.36. The predicted octanol–water partition coefficient (Wildman–Crippen LogP) is 5.65. The lowest BCUT2D eigenvalue weighted by Gasteiger charge is -2.35. The lowest BCUT2D eigenvalue weighted by Crippen LogP contribution is -2.34. The van der Waals surface area contributed by atoms with Crippen LogP contribution in [0.5, 0.6) is 0 Å². The number of nitrogens with zero attached hydrogens (tertiary/aromatic N) is 1. The summed E-state index contributed by atoms with van der Waals surface area (Å²) in [5, 5.41) is 0. The summed E-state index contributed by atoms with van der Waals surface area (Å²) in [6.45, 7) is 13.3. The van der Waals surface area contributed by atoms with Gasteiger partial charge in [-0.3, -0.25) is 0 Å². The number of para-hydroxylation sites is 1. The fourth-order valence-corrected chi connectivity index (χ4v) is 3.59. The van der Waals surface area contributed by atoms with E-state index in [-0.39, 0.29) is 29.5 Å². The first kappa shape index (κ1) is 16.1. The van der Waals surface area contributed by atoms with E-state index in [1.165, 1.54) is 27.9 Å². The van der Waals surface area contributed by atoms with Gasteiger partial charge in [0.2, 0.25) is 0 Å². The quantitative estimate of drug-likeness (QED) is 0.568. The van der Waals surface area contributed by atoms with Crippen LogP contribution in [0, 0.1) is 13.8 Å². The molecule has 0 spiro atoms. The van der Waals surface area contributed by atoms with Crippen LogP contribution in [-0.4, -0.2) is 0 Å². The van der Waals surface area contributed by atoms with Crippen molar-refractivity contribution in [2.45, 2.75) is 33.2 Å². The van der Waals surface area contributed by atoms with Gasteiger partial charge in [-0.2, -0.15) is 0 Å². The molecule has 1 aliphatic rings. The Morgan fingerprint density at radius 3 is 2.05 bits per heavy atom. The van der Waals surface area contributed by atoms with E-state index in [1.54, 1.807) is 0 Å². The summed E-state index contributed by atoms with van der Waals surface area (Å²) < 4.78 is 0. The number of rotatable bonds is 1. The number of aryl methyl sites for hydroxylation is 2. The van der Waals surface area contributed by atoms with Gasteiger partial charge in [-0.15, -0.1) is 24.0 Å². The molecule has 0 saturated heterocycles. The zero-order chi connectivity index (χ0) is 14.5. The second kappa shape index (κ2) is 5.48. The molecule has 0 N–H and O–H groups in total. The van der Waals surface area contributed by atoms with E-state index in [1.807, 2.05) is 0 Å². The summed E-state index contributed by atoms with van der Waals surface area (Å²) in [6.07, 6.45) is 0. The van der Waals surface area contributed by atoms with Gasteiger partial charge >= 0.3 is 0 Å². The van der Waals surface area contributed by atoms with Crippen molar-refractivity contribution in [2.75, 3.05) is 4.90 Å². The number of anilines is 1. The molecule has 1 heterocycles. The summed E-state index contributed by atoms with van der Waals surface area (Å²) in [7, 11) is 0. The summed E-state index contributed by atoms with van der Waals surface area (Å²) in [6, 6.07) is 15.0. The van der Waals surface area contributed by atoms with Crippen molar-refractivity contribution in [3.8, 4) is 0 Å². The van der Waals surface area contributed by atoms with Crippen LogP contribution < -0.4 is 4.90 Å². The number of benzene rings is 2. The first-order valence-electron chi connectivity index (χ1n) is 7.10. The fourth-order valence-electron chi connectivity index (χ4n) is 3.59. The van der Waals surface area contributed by atoms with E-state index in [0.717, 1.165) is 5.70 Å². The molecule has 110 valence electrons. The Morgan fingerprint density at radius 1 is 0.905 bits per heavy atom. The highest BCUT2D eigenvalue weighted by atomic mass is 127. The van der Waals surface area contributed by atoms with Crippen LogP contribution in [0.3, 0.4) is 0 Å². The number of halogens is 1. The van der Waals surface area contributed by atoms with E-state index in [4.69, 9.17) is 0 Å². The molecule has 2 aromatic carbocycles. The van der Waals surface area contributed by atoms with Crippen LogP contribution in [0.25, 0.3) is 5.70 Å². The summed E-state index contributed by atoms with van der Waals surface area (Å²) >= 11 is 0. The second-order valence-corrected chi connectivity index (χ2v) is 6.13. The number of hydrogen-bond acceptors (Lipinski definition) is 1. The van der Waals surface area contributed by atoms with Crippen molar-refractivity contribution in [3.05, 3.63) is 71.3 Å². The van der Waals surface area contributed by atoms with E-state index >= 15 is 0 Å². The Bertz CT molecular complexity index is 686. The highest BCUT2D eigenvalue weighted by molar-refractivity contribution is 14.0. The first-order valence-corrected chi connectivity index (χ1v) is 7.10. The Labute approximate surface area is 144 Å².